The number of aliphatic carboxylic acids is 1. The normalized spacial score (nSPS) is 11.7. The molecule has 0 unspecified atom stereocenters. The Kier molecular flexibility index (Phi) is 6.98. The molecule has 0 aliphatic carbocycles. The van der Waals surface area contributed by atoms with Crippen LogP contribution < -0.4 is 5.32 Å². The number of hydrogen-bond donors (Lipinski definition) is 2. The molecule has 2 aromatic rings. The number of nitrogens with one attached hydrogen (secondary N) is 1. The fourth-order valence-corrected chi connectivity index (χ4v) is 2.24. The summed E-state index contributed by atoms with van der Waals surface area (Å²) in [5, 5.41) is 11.9. The Bertz CT molecular complexity index is 643. The van der Waals surface area contributed by atoms with Crippen LogP contribution in [0.15, 0.2) is 60.7 Å². The maximum absolute atomic E-state index is 12.3. The van der Waals surface area contributed by atoms with E-state index >= 15 is 0 Å². The first-order chi connectivity index (χ1) is 11.6. The van der Waals surface area contributed by atoms with Gasteiger partial charge in [0.05, 0.1) is 0 Å². The average Bonchev–Trinajstić information content (AvgIpc) is 2.61. The van der Waals surface area contributed by atoms with Crippen LogP contribution in [0.1, 0.15) is 24.0 Å². The van der Waals surface area contributed by atoms with E-state index in [1.165, 1.54) is 0 Å². The molecule has 0 aromatic heterocycles. The quantitative estimate of drug-likeness (QED) is 0.693. The molecule has 0 heterocycles. The monoisotopic (exact) mass is 327 g/mol. The highest BCUT2D eigenvalue weighted by atomic mass is 16.5. The summed E-state index contributed by atoms with van der Waals surface area (Å²) in [6.45, 7) is 0.655. The Morgan fingerprint density at radius 2 is 1.54 bits per heavy atom. The molecule has 1 atom stereocenters. The van der Waals surface area contributed by atoms with E-state index in [1.54, 1.807) is 0 Å². The van der Waals surface area contributed by atoms with Crippen LogP contribution in [0.3, 0.4) is 0 Å². The van der Waals surface area contributed by atoms with Gasteiger partial charge in [-0.05, 0) is 17.5 Å². The first-order valence-electron chi connectivity index (χ1n) is 7.85. The van der Waals surface area contributed by atoms with Crippen molar-refractivity contribution in [1.82, 2.24) is 5.32 Å². The summed E-state index contributed by atoms with van der Waals surface area (Å²) in [4.78, 5) is 23.1. The molecule has 0 amide bonds. The van der Waals surface area contributed by atoms with Crippen molar-refractivity contribution < 1.29 is 19.4 Å². The lowest BCUT2D eigenvalue weighted by Gasteiger charge is -2.17. The van der Waals surface area contributed by atoms with Crippen molar-refractivity contribution in [2.75, 3.05) is 0 Å². The summed E-state index contributed by atoms with van der Waals surface area (Å²) < 4.78 is 5.32. The number of carboxylic acids is 1. The summed E-state index contributed by atoms with van der Waals surface area (Å²) in [7, 11) is 0. The number of hydrogen-bond acceptors (Lipinski definition) is 4. The van der Waals surface area contributed by atoms with Gasteiger partial charge in [0.25, 0.3) is 0 Å². The summed E-state index contributed by atoms with van der Waals surface area (Å²) in [5.41, 5.74) is 1.92. The Hall–Kier alpha value is -2.66. The van der Waals surface area contributed by atoms with Crippen molar-refractivity contribution in [2.24, 2.45) is 0 Å². The van der Waals surface area contributed by atoms with Crippen molar-refractivity contribution in [2.45, 2.75) is 32.0 Å². The van der Waals surface area contributed by atoms with E-state index in [4.69, 9.17) is 9.84 Å². The number of carboxylic acid groups (broad SMARTS) is 1. The SMILES string of the molecule is O=C(O)CC[C@H](NCc1ccccc1)C(=O)OCc1ccccc1. The van der Waals surface area contributed by atoms with Gasteiger partial charge in [-0.1, -0.05) is 60.7 Å². The van der Waals surface area contributed by atoms with Crippen LogP contribution >= 0.6 is 0 Å². The van der Waals surface area contributed by atoms with E-state index in [1.807, 2.05) is 60.7 Å². The molecule has 0 bridgehead atoms. The van der Waals surface area contributed by atoms with Gasteiger partial charge in [-0.25, -0.2) is 0 Å². The predicted octanol–water partition coefficient (Wildman–Crippen LogP) is 2.75. The zero-order valence-corrected chi connectivity index (χ0v) is 13.4. The van der Waals surface area contributed by atoms with Crippen LogP contribution in [0, 0.1) is 0 Å². The predicted molar refractivity (Wildman–Crippen MR) is 90.2 cm³/mol. The third-order valence-electron chi connectivity index (χ3n) is 3.55. The van der Waals surface area contributed by atoms with Crippen molar-refractivity contribution in [1.29, 1.82) is 0 Å². The second-order valence-corrected chi connectivity index (χ2v) is 5.44. The topological polar surface area (TPSA) is 75.6 Å². The zero-order chi connectivity index (χ0) is 17.2. The summed E-state index contributed by atoms with van der Waals surface area (Å²) in [6.07, 6.45) is 0.0999. The van der Waals surface area contributed by atoms with Crippen molar-refractivity contribution >= 4 is 11.9 Å². The fraction of sp³-hybridized carbons (Fsp3) is 0.263. The molecule has 0 spiro atoms. The van der Waals surface area contributed by atoms with Gasteiger partial charge in [0.1, 0.15) is 12.6 Å². The number of carbonyl (C=O) groups excluding carboxylic acids is 1. The van der Waals surface area contributed by atoms with Crippen molar-refractivity contribution in [3.05, 3.63) is 71.8 Å². The molecular formula is C19H21NO4. The van der Waals surface area contributed by atoms with Crippen LogP contribution in [-0.2, 0) is 27.5 Å². The molecule has 2 aromatic carbocycles. The summed E-state index contributed by atoms with van der Waals surface area (Å²) >= 11 is 0. The second-order valence-electron chi connectivity index (χ2n) is 5.44. The molecule has 5 nitrogen and oxygen atoms in total. The van der Waals surface area contributed by atoms with Gasteiger partial charge in [0.15, 0.2) is 0 Å². The molecular weight excluding hydrogens is 306 g/mol. The van der Waals surface area contributed by atoms with E-state index in [9.17, 15) is 9.59 Å². The van der Waals surface area contributed by atoms with Gasteiger partial charge in [0.2, 0.25) is 0 Å². The van der Waals surface area contributed by atoms with Gasteiger partial charge >= 0.3 is 11.9 Å². The molecule has 0 saturated heterocycles. The van der Waals surface area contributed by atoms with E-state index < -0.39 is 18.0 Å². The molecule has 0 aliphatic rings. The largest absolute Gasteiger partial charge is 0.481 e. The number of carbonyl (C=O) groups is 2. The Labute approximate surface area is 141 Å². The number of ether oxygens (including phenoxy) is 1. The third-order valence-corrected chi connectivity index (χ3v) is 3.55. The lowest BCUT2D eigenvalue weighted by atomic mass is 10.1. The maximum atomic E-state index is 12.3. The van der Waals surface area contributed by atoms with E-state index in [0.29, 0.717) is 6.54 Å². The Morgan fingerprint density at radius 1 is 0.958 bits per heavy atom. The van der Waals surface area contributed by atoms with Gasteiger partial charge in [-0.3, -0.25) is 9.59 Å². The van der Waals surface area contributed by atoms with Crippen LogP contribution in [0.2, 0.25) is 0 Å². The lowest BCUT2D eigenvalue weighted by molar-refractivity contribution is -0.148. The molecule has 0 radical (unpaired) electrons. The first-order valence-corrected chi connectivity index (χ1v) is 7.85. The summed E-state index contributed by atoms with van der Waals surface area (Å²) in [6, 6.07) is 18.4. The summed E-state index contributed by atoms with van der Waals surface area (Å²) in [5.74, 6) is -1.37. The number of benzene rings is 2. The molecule has 2 N–H and O–H groups in total. The van der Waals surface area contributed by atoms with Crippen molar-refractivity contribution in [3.8, 4) is 0 Å². The van der Waals surface area contributed by atoms with Crippen LogP contribution in [-0.4, -0.2) is 23.1 Å². The molecule has 24 heavy (non-hydrogen) atoms. The smallest absolute Gasteiger partial charge is 0.323 e. The Balaban J connectivity index is 1.90. The fourth-order valence-electron chi connectivity index (χ4n) is 2.24. The molecule has 0 saturated carbocycles. The van der Waals surface area contributed by atoms with Crippen molar-refractivity contribution in [3.63, 3.8) is 0 Å². The zero-order valence-electron chi connectivity index (χ0n) is 13.4. The van der Waals surface area contributed by atoms with E-state index in [-0.39, 0.29) is 19.4 Å². The lowest BCUT2D eigenvalue weighted by Crippen LogP contribution is -2.38. The molecule has 0 aliphatic heterocycles. The molecule has 5 heteroatoms. The molecule has 0 fully saturated rings. The highest BCUT2D eigenvalue weighted by Crippen LogP contribution is 2.07. The minimum atomic E-state index is -0.933. The highest BCUT2D eigenvalue weighted by Gasteiger charge is 2.20. The van der Waals surface area contributed by atoms with Crippen LogP contribution in [0.5, 0.6) is 0 Å². The maximum Gasteiger partial charge on any atom is 0.323 e. The third kappa shape index (κ3) is 6.22. The van der Waals surface area contributed by atoms with Crippen LogP contribution in [0.25, 0.3) is 0 Å². The van der Waals surface area contributed by atoms with Gasteiger partial charge in [0, 0.05) is 13.0 Å². The van der Waals surface area contributed by atoms with Gasteiger partial charge in [-0.2, -0.15) is 0 Å². The molecule has 126 valence electrons. The van der Waals surface area contributed by atoms with Gasteiger partial charge < -0.3 is 15.2 Å². The highest BCUT2D eigenvalue weighted by molar-refractivity contribution is 5.77. The molecule has 2 rings (SSSR count). The van der Waals surface area contributed by atoms with Crippen LogP contribution in [0.4, 0.5) is 0 Å². The first kappa shape index (κ1) is 17.7. The second kappa shape index (κ2) is 9.47. The number of rotatable bonds is 9. The van der Waals surface area contributed by atoms with Gasteiger partial charge in [-0.15, -0.1) is 0 Å². The average molecular weight is 327 g/mol. The van der Waals surface area contributed by atoms with E-state index in [0.717, 1.165) is 11.1 Å². The Morgan fingerprint density at radius 3 is 2.12 bits per heavy atom. The minimum absolute atomic E-state index is 0.0904. The minimum Gasteiger partial charge on any atom is -0.481 e. The number of esters is 1. The van der Waals surface area contributed by atoms with E-state index in [2.05, 4.69) is 5.32 Å². The standard InChI is InChI=1S/C19H21NO4/c21-18(22)12-11-17(20-13-15-7-3-1-4-8-15)19(23)24-14-16-9-5-2-6-10-16/h1-10,17,20H,11-14H2,(H,21,22)/t17-/m0/s1.